The molecule has 2 amide bonds. The number of carbonyl (C=O) groups is 2. The number of nitrogens with two attached hydrogens (primary N) is 1. The maximum atomic E-state index is 12.8. The predicted octanol–water partition coefficient (Wildman–Crippen LogP) is 0.314. The molecule has 3 aliphatic rings. The normalized spacial score (nSPS) is 33.8. The molecule has 7 heteroatoms. The predicted molar refractivity (Wildman–Crippen MR) is 95.2 cm³/mol. The van der Waals surface area contributed by atoms with Crippen LogP contribution in [0.3, 0.4) is 0 Å². The lowest BCUT2D eigenvalue weighted by atomic mass is 9.87. The second-order valence-electron chi connectivity index (χ2n) is 7.29. The summed E-state index contributed by atoms with van der Waals surface area (Å²) < 4.78 is 5.51. The SMILES string of the molecule is CNC(=O)C1=CC(C(N)=O)(C2[C@H]3COC[C@@H]23)N([C@H](C)c2ccccc2)N1. The molecule has 1 aliphatic carbocycles. The summed E-state index contributed by atoms with van der Waals surface area (Å²) >= 11 is 0. The average Bonchev–Trinajstić information content (AvgIpc) is 3.03. The molecule has 2 aliphatic heterocycles. The van der Waals surface area contributed by atoms with E-state index >= 15 is 0 Å². The molecule has 2 heterocycles. The maximum Gasteiger partial charge on any atom is 0.268 e. The minimum atomic E-state index is -1.05. The third-order valence-corrected chi connectivity index (χ3v) is 6.00. The Morgan fingerprint density at radius 3 is 2.54 bits per heavy atom. The molecule has 1 aromatic rings. The van der Waals surface area contributed by atoms with Crippen molar-refractivity contribution in [2.45, 2.75) is 18.5 Å². The molecule has 5 atom stereocenters. The highest BCUT2D eigenvalue weighted by molar-refractivity contribution is 5.97. The molecule has 1 aromatic carbocycles. The van der Waals surface area contributed by atoms with Crippen LogP contribution in [-0.2, 0) is 14.3 Å². The van der Waals surface area contributed by atoms with Crippen molar-refractivity contribution in [2.75, 3.05) is 20.3 Å². The van der Waals surface area contributed by atoms with Gasteiger partial charge in [0.2, 0.25) is 5.91 Å². The van der Waals surface area contributed by atoms with E-state index in [4.69, 9.17) is 10.5 Å². The van der Waals surface area contributed by atoms with Gasteiger partial charge in [0.1, 0.15) is 11.2 Å². The van der Waals surface area contributed by atoms with Gasteiger partial charge >= 0.3 is 0 Å². The first-order chi connectivity index (χ1) is 12.5. The van der Waals surface area contributed by atoms with Crippen molar-refractivity contribution < 1.29 is 14.3 Å². The molecule has 0 bridgehead atoms. The number of benzene rings is 1. The fraction of sp³-hybridized carbons (Fsp3) is 0.474. The minimum absolute atomic E-state index is 0.0505. The van der Waals surface area contributed by atoms with Gasteiger partial charge in [0.05, 0.1) is 19.3 Å². The number of amides is 2. The van der Waals surface area contributed by atoms with Crippen LogP contribution in [0.15, 0.2) is 42.1 Å². The van der Waals surface area contributed by atoms with E-state index in [2.05, 4.69) is 10.7 Å². The fourth-order valence-corrected chi connectivity index (χ4v) is 4.60. The number of rotatable bonds is 5. The number of hydrogen-bond acceptors (Lipinski definition) is 5. The van der Waals surface area contributed by atoms with Gasteiger partial charge in [-0.25, -0.2) is 0 Å². The second-order valence-corrected chi connectivity index (χ2v) is 7.29. The second kappa shape index (κ2) is 6.10. The Balaban J connectivity index is 1.76. The van der Waals surface area contributed by atoms with E-state index in [1.165, 1.54) is 0 Å². The highest BCUT2D eigenvalue weighted by Crippen LogP contribution is 2.60. The van der Waals surface area contributed by atoms with Crippen LogP contribution in [0.4, 0.5) is 0 Å². The van der Waals surface area contributed by atoms with Crippen molar-refractivity contribution in [1.82, 2.24) is 15.8 Å². The first kappa shape index (κ1) is 17.1. The summed E-state index contributed by atoms with van der Waals surface area (Å²) in [5.74, 6) is -0.0498. The Morgan fingerprint density at radius 2 is 1.96 bits per heavy atom. The lowest BCUT2D eigenvalue weighted by Crippen LogP contribution is -2.60. The Bertz CT molecular complexity index is 755. The first-order valence-corrected chi connectivity index (χ1v) is 8.94. The van der Waals surface area contributed by atoms with E-state index < -0.39 is 11.4 Å². The number of nitrogens with one attached hydrogen (secondary N) is 2. The third-order valence-electron chi connectivity index (χ3n) is 6.00. The molecule has 4 N–H and O–H groups in total. The minimum Gasteiger partial charge on any atom is -0.381 e. The molecule has 0 radical (unpaired) electrons. The van der Waals surface area contributed by atoms with Crippen LogP contribution >= 0.6 is 0 Å². The summed E-state index contributed by atoms with van der Waals surface area (Å²) in [6.07, 6.45) is 1.72. The molecule has 0 aromatic heterocycles. The van der Waals surface area contributed by atoms with Gasteiger partial charge in [-0.05, 0) is 30.4 Å². The number of likely N-dealkylation sites (N-methyl/N-ethyl adjacent to an activating group) is 1. The molecule has 0 spiro atoms. The lowest BCUT2D eigenvalue weighted by molar-refractivity contribution is -0.132. The molecular formula is C19H24N4O3. The van der Waals surface area contributed by atoms with Crippen molar-refractivity contribution in [1.29, 1.82) is 0 Å². The highest BCUT2D eigenvalue weighted by Gasteiger charge is 2.69. The van der Waals surface area contributed by atoms with Crippen LogP contribution in [-0.4, -0.2) is 42.6 Å². The molecule has 7 nitrogen and oxygen atoms in total. The number of fused-ring (bicyclic) bond motifs is 1. The highest BCUT2D eigenvalue weighted by atomic mass is 16.5. The summed E-state index contributed by atoms with van der Waals surface area (Å²) in [7, 11) is 1.57. The van der Waals surface area contributed by atoms with Gasteiger partial charge in [0.15, 0.2) is 0 Å². The van der Waals surface area contributed by atoms with Crippen LogP contribution in [0.1, 0.15) is 18.5 Å². The molecule has 1 saturated carbocycles. The van der Waals surface area contributed by atoms with E-state index in [9.17, 15) is 9.59 Å². The zero-order chi connectivity index (χ0) is 18.5. The van der Waals surface area contributed by atoms with Gasteiger partial charge in [-0.3, -0.25) is 9.59 Å². The largest absolute Gasteiger partial charge is 0.381 e. The number of hydrogen-bond donors (Lipinski definition) is 3. The van der Waals surface area contributed by atoms with Crippen LogP contribution in [0.2, 0.25) is 0 Å². The Morgan fingerprint density at radius 1 is 1.31 bits per heavy atom. The van der Waals surface area contributed by atoms with Crippen LogP contribution in [0.5, 0.6) is 0 Å². The van der Waals surface area contributed by atoms with Crippen molar-refractivity contribution in [3.05, 3.63) is 47.7 Å². The van der Waals surface area contributed by atoms with Crippen LogP contribution in [0, 0.1) is 17.8 Å². The number of hydrazine groups is 1. The van der Waals surface area contributed by atoms with Crippen LogP contribution in [0.25, 0.3) is 0 Å². The van der Waals surface area contributed by atoms with Gasteiger partial charge in [-0.15, -0.1) is 0 Å². The van der Waals surface area contributed by atoms with E-state index in [0.717, 1.165) is 5.56 Å². The van der Waals surface area contributed by atoms with Crippen molar-refractivity contribution in [3.63, 3.8) is 0 Å². The topological polar surface area (TPSA) is 96.7 Å². The van der Waals surface area contributed by atoms with Crippen molar-refractivity contribution in [3.8, 4) is 0 Å². The van der Waals surface area contributed by atoms with Crippen molar-refractivity contribution in [2.24, 2.45) is 23.5 Å². The number of nitrogens with zero attached hydrogens (tertiary/aromatic N) is 1. The molecule has 1 saturated heterocycles. The number of ether oxygens (including phenoxy) is 1. The van der Waals surface area contributed by atoms with E-state index in [0.29, 0.717) is 30.7 Å². The molecule has 26 heavy (non-hydrogen) atoms. The Hall–Kier alpha value is -2.38. The average molecular weight is 356 g/mol. The van der Waals surface area contributed by atoms with Gasteiger partial charge in [-0.1, -0.05) is 30.3 Å². The lowest BCUT2D eigenvalue weighted by Gasteiger charge is -2.40. The van der Waals surface area contributed by atoms with E-state index in [1.807, 2.05) is 42.3 Å². The summed E-state index contributed by atoms with van der Waals surface area (Å²) in [5, 5.41) is 4.48. The van der Waals surface area contributed by atoms with Gasteiger partial charge < -0.3 is 21.2 Å². The molecular weight excluding hydrogens is 332 g/mol. The van der Waals surface area contributed by atoms with Crippen LogP contribution < -0.4 is 16.5 Å². The standard InChI is InChI=1S/C19H24N4O3/c1-11(12-6-4-3-5-7-12)23-19(18(20)25,8-15(22-23)17(24)21-2)16-13-9-26-10-14(13)16/h3-8,11,13-14,16,22H,9-10H2,1-2H3,(H2,20,25)(H,21,24)/t11-,13-,14+,16?,19?/m1/s1. The molecule has 2 fully saturated rings. The van der Waals surface area contributed by atoms with E-state index in [-0.39, 0.29) is 17.9 Å². The first-order valence-electron chi connectivity index (χ1n) is 8.94. The third kappa shape index (κ3) is 2.34. The summed E-state index contributed by atoms with van der Waals surface area (Å²) in [6.45, 7) is 3.29. The quantitative estimate of drug-likeness (QED) is 0.706. The van der Waals surface area contributed by atoms with E-state index in [1.54, 1.807) is 13.1 Å². The smallest absolute Gasteiger partial charge is 0.268 e. The molecule has 4 rings (SSSR count). The summed E-state index contributed by atoms with van der Waals surface area (Å²) in [4.78, 5) is 25.0. The fourth-order valence-electron chi connectivity index (χ4n) is 4.60. The number of primary amides is 1. The Labute approximate surface area is 152 Å². The maximum absolute atomic E-state index is 12.8. The zero-order valence-corrected chi connectivity index (χ0v) is 14.9. The Kier molecular flexibility index (Phi) is 4.00. The van der Waals surface area contributed by atoms with Gasteiger partial charge in [-0.2, -0.15) is 5.01 Å². The summed E-state index contributed by atoms with van der Waals surface area (Å²) in [6, 6.07) is 9.73. The zero-order valence-electron chi connectivity index (χ0n) is 14.9. The molecule has 2 unspecified atom stereocenters. The van der Waals surface area contributed by atoms with Gasteiger partial charge in [0, 0.05) is 13.0 Å². The summed E-state index contributed by atoms with van der Waals surface area (Å²) in [5.41, 5.74) is 9.47. The van der Waals surface area contributed by atoms with Gasteiger partial charge in [0.25, 0.3) is 5.91 Å². The number of carbonyl (C=O) groups excluding carboxylic acids is 2. The van der Waals surface area contributed by atoms with Crippen molar-refractivity contribution >= 4 is 11.8 Å². The monoisotopic (exact) mass is 356 g/mol. The molecule has 138 valence electrons.